The number of nitrogens with zero attached hydrogens (tertiary/aromatic N) is 2. The number of halogens is 1. The third kappa shape index (κ3) is 2.84. The molecule has 0 bridgehead atoms. The van der Waals surface area contributed by atoms with Gasteiger partial charge in [-0.3, -0.25) is 4.98 Å². The summed E-state index contributed by atoms with van der Waals surface area (Å²) in [5.41, 5.74) is 0.858. The second-order valence-electron chi connectivity index (χ2n) is 3.53. The molecule has 0 fully saturated rings. The Kier molecular flexibility index (Phi) is 3.57. The molecule has 0 radical (unpaired) electrons. The minimum atomic E-state index is -1.05. The van der Waals surface area contributed by atoms with Gasteiger partial charge in [0.25, 0.3) is 0 Å². The zero-order valence-electron chi connectivity index (χ0n) is 9.42. The standard InChI is InChI=1S/C12H9BrN2O3/c1-7-10(13)2-3-11(15-7)18-9-4-8(12(16)17)5-14-6-9/h2-6H,1H3,(H,16,17). The first-order valence-electron chi connectivity index (χ1n) is 5.05. The van der Waals surface area contributed by atoms with E-state index >= 15 is 0 Å². The maximum atomic E-state index is 10.8. The normalized spacial score (nSPS) is 10.1. The number of aryl methyl sites for hydroxylation is 1. The highest BCUT2D eigenvalue weighted by Gasteiger charge is 2.07. The lowest BCUT2D eigenvalue weighted by Crippen LogP contribution is -1.98. The van der Waals surface area contributed by atoms with Gasteiger partial charge in [0.2, 0.25) is 5.88 Å². The molecule has 0 aliphatic carbocycles. The molecule has 18 heavy (non-hydrogen) atoms. The molecule has 92 valence electrons. The predicted octanol–water partition coefficient (Wildman–Crippen LogP) is 3.04. The summed E-state index contributed by atoms with van der Waals surface area (Å²) >= 11 is 3.34. The van der Waals surface area contributed by atoms with Gasteiger partial charge in [0, 0.05) is 16.7 Å². The van der Waals surface area contributed by atoms with Crippen LogP contribution in [0.3, 0.4) is 0 Å². The number of aromatic carboxylic acids is 1. The Morgan fingerprint density at radius 3 is 2.83 bits per heavy atom. The fourth-order valence-electron chi connectivity index (χ4n) is 1.29. The quantitative estimate of drug-likeness (QED) is 0.943. The Labute approximate surface area is 112 Å². The van der Waals surface area contributed by atoms with Gasteiger partial charge in [-0.15, -0.1) is 0 Å². The summed E-state index contributed by atoms with van der Waals surface area (Å²) in [6.07, 6.45) is 2.70. The predicted molar refractivity (Wildman–Crippen MR) is 67.9 cm³/mol. The number of carbonyl (C=O) groups is 1. The largest absolute Gasteiger partial charge is 0.478 e. The lowest BCUT2D eigenvalue weighted by molar-refractivity contribution is 0.0696. The van der Waals surface area contributed by atoms with E-state index in [9.17, 15) is 4.79 Å². The molecule has 5 nitrogen and oxygen atoms in total. The van der Waals surface area contributed by atoms with Crippen LogP contribution in [0, 0.1) is 6.92 Å². The lowest BCUT2D eigenvalue weighted by atomic mass is 10.3. The minimum absolute atomic E-state index is 0.0707. The summed E-state index contributed by atoms with van der Waals surface area (Å²) in [5, 5.41) is 8.84. The summed E-state index contributed by atoms with van der Waals surface area (Å²) < 4.78 is 6.33. The number of hydrogen-bond donors (Lipinski definition) is 1. The molecule has 1 N–H and O–H groups in total. The monoisotopic (exact) mass is 308 g/mol. The average Bonchev–Trinajstić information content (AvgIpc) is 2.34. The number of aromatic nitrogens is 2. The Hall–Kier alpha value is -1.95. The topological polar surface area (TPSA) is 72.3 Å². The van der Waals surface area contributed by atoms with Crippen LogP contribution in [0.1, 0.15) is 16.1 Å². The summed E-state index contributed by atoms with van der Waals surface area (Å²) in [7, 11) is 0. The summed E-state index contributed by atoms with van der Waals surface area (Å²) in [6, 6.07) is 4.89. The molecule has 0 aliphatic heterocycles. The van der Waals surface area contributed by atoms with E-state index in [1.165, 1.54) is 18.5 Å². The number of carboxylic acids is 1. The van der Waals surface area contributed by atoms with Gasteiger partial charge in [0.1, 0.15) is 5.75 Å². The van der Waals surface area contributed by atoms with E-state index in [2.05, 4.69) is 25.9 Å². The number of hydrogen-bond acceptors (Lipinski definition) is 4. The highest BCUT2D eigenvalue weighted by molar-refractivity contribution is 9.10. The molecular weight excluding hydrogens is 300 g/mol. The summed E-state index contributed by atoms with van der Waals surface area (Å²) in [4.78, 5) is 18.8. The third-order valence-electron chi connectivity index (χ3n) is 2.18. The molecule has 2 heterocycles. The van der Waals surface area contributed by atoms with E-state index in [1.54, 1.807) is 6.07 Å². The molecule has 0 unspecified atom stereocenters. The molecule has 0 saturated carbocycles. The van der Waals surface area contributed by atoms with Crippen LogP contribution in [0.5, 0.6) is 11.6 Å². The number of ether oxygens (including phenoxy) is 1. The van der Waals surface area contributed by atoms with Crippen molar-refractivity contribution in [1.29, 1.82) is 0 Å². The smallest absolute Gasteiger partial charge is 0.337 e. The van der Waals surface area contributed by atoms with Crippen molar-refractivity contribution >= 4 is 21.9 Å². The zero-order chi connectivity index (χ0) is 13.1. The van der Waals surface area contributed by atoms with E-state index in [1.807, 2.05) is 13.0 Å². The van der Waals surface area contributed by atoms with Gasteiger partial charge < -0.3 is 9.84 Å². The number of rotatable bonds is 3. The van der Waals surface area contributed by atoms with Crippen molar-refractivity contribution < 1.29 is 14.6 Å². The molecule has 0 amide bonds. The molecule has 2 rings (SSSR count). The molecule has 2 aromatic heterocycles. The van der Waals surface area contributed by atoms with Crippen LogP contribution in [0.2, 0.25) is 0 Å². The SMILES string of the molecule is Cc1nc(Oc2cncc(C(=O)O)c2)ccc1Br. The summed E-state index contributed by atoms with van der Waals surface area (Å²) in [6.45, 7) is 1.84. The molecule has 2 aromatic rings. The molecule has 0 atom stereocenters. The molecule has 0 saturated heterocycles. The molecular formula is C12H9BrN2O3. The number of carboxylic acid groups (broad SMARTS) is 1. The van der Waals surface area contributed by atoms with Crippen LogP contribution in [0.25, 0.3) is 0 Å². The van der Waals surface area contributed by atoms with Crippen LogP contribution < -0.4 is 4.74 Å². The first kappa shape index (κ1) is 12.5. The van der Waals surface area contributed by atoms with Gasteiger partial charge in [0.15, 0.2) is 0 Å². The fourth-order valence-corrected chi connectivity index (χ4v) is 1.51. The van der Waals surface area contributed by atoms with Crippen LogP contribution >= 0.6 is 15.9 Å². The minimum Gasteiger partial charge on any atom is -0.478 e. The van der Waals surface area contributed by atoms with E-state index in [-0.39, 0.29) is 5.56 Å². The fraction of sp³-hybridized carbons (Fsp3) is 0.0833. The van der Waals surface area contributed by atoms with Crippen molar-refractivity contribution in [2.75, 3.05) is 0 Å². The van der Waals surface area contributed by atoms with Crippen LogP contribution in [0.4, 0.5) is 0 Å². The molecule has 0 spiro atoms. The lowest BCUT2D eigenvalue weighted by Gasteiger charge is -2.06. The van der Waals surface area contributed by atoms with Gasteiger partial charge in [-0.2, -0.15) is 0 Å². The van der Waals surface area contributed by atoms with Crippen LogP contribution in [-0.4, -0.2) is 21.0 Å². The Morgan fingerprint density at radius 2 is 2.17 bits per heavy atom. The van der Waals surface area contributed by atoms with E-state index in [0.717, 1.165) is 10.2 Å². The van der Waals surface area contributed by atoms with Crippen molar-refractivity contribution in [2.45, 2.75) is 6.92 Å². The van der Waals surface area contributed by atoms with Gasteiger partial charge in [-0.05, 0) is 35.0 Å². The van der Waals surface area contributed by atoms with Gasteiger partial charge in [-0.25, -0.2) is 9.78 Å². The highest BCUT2D eigenvalue weighted by atomic mass is 79.9. The highest BCUT2D eigenvalue weighted by Crippen LogP contribution is 2.22. The average molecular weight is 309 g/mol. The van der Waals surface area contributed by atoms with Gasteiger partial charge in [-0.1, -0.05) is 0 Å². The Bertz CT molecular complexity index is 602. The second-order valence-corrected chi connectivity index (χ2v) is 4.39. The van der Waals surface area contributed by atoms with Gasteiger partial charge >= 0.3 is 5.97 Å². The molecule has 6 heteroatoms. The van der Waals surface area contributed by atoms with Crippen molar-refractivity contribution in [3.05, 3.63) is 46.3 Å². The first-order valence-corrected chi connectivity index (χ1v) is 5.85. The van der Waals surface area contributed by atoms with Gasteiger partial charge in [0.05, 0.1) is 17.5 Å². The van der Waals surface area contributed by atoms with Crippen LogP contribution in [-0.2, 0) is 0 Å². The summed E-state index contributed by atoms with van der Waals surface area (Å²) in [5.74, 6) is -0.322. The molecule has 0 aliphatic rings. The first-order chi connectivity index (χ1) is 8.56. The van der Waals surface area contributed by atoms with Crippen molar-refractivity contribution in [1.82, 2.24) is 9.97 Å². The van der Waals surface area contributed by atoms with E-state index in [0.29, 0.717) is 11.6 Å². The maximum absolute atomic E-state index is 10.8. The maximum Gasteiger partial charge on any atom is 0.337 e. The van der Waals surface area contributed by atoms with Crippen molar-refractivity contribution in [3.8, 4) is 11.6 Å². The second kappa shape index (κ2) is 5.14. The molecule has 0 aromatic carbocycles. The zero-order valence-corrected chi connectivity index (χ0v) is 11.0. The Balaban J connectivity index is 2.25. The van der Waals surface area contributed by atoms with E-state index in [4.69, 9.17) is 9.84 Å². The van der Waals surface area contributed by atoms with Crippen molar-refractivity contribution in [3.63, 3.8) is 0 Å². The van der Waals surface area contributed by atoms with E-state index < -0.39 is 5.97 Å². The van der Waals surface area contributed by atoms with Crippen LogP contribution in [0.15, 0.2) is 35.1 Å². The Morgan fingerprint density at radius 1 is 1.39 bits per heavy atom. The number of pyridine rings is 2. The third-order valence-corrected chi connectivity index (χ3v) is 3.02. The van der Waals surface area contributed by atoms with Crippen molar-refractivity contribution in [2.24, 2.45) is 0 Å².